The van der Waals surface area contributed by atoms with E-state index in [1.54, 1.807) is 6.20 Å². The van der Waals surface area contributed by atoms with Gasteiger partial charge in [0.1, 0.15) is 5.52 Å². The van der Waals surface area contributed by atoms with E-state index in [0.717, 1.165) is 37.1 Å². The van der Waals surface area contributed by atoms with E-state index in [1.165, 1.54) is 0 Å². The van der Waals surface area contributed by atoms with Crippen molar-refractivity contribution in [1.82, 2.24) is 9.55 Å². The summed E-state index contributed by atoms with van der Waals surface area (Å²) in [6.07, 6.45) is 4.76. The smallest absolute Gasteiger partial charge is 0.272 e. The fourth-order valence-electron chi connectivity index (χ4n) is 2.32. The second-order valence-electron chi connectivity index (χ2n) is 4.31. The lowest BCUT2D eigenvalue weighted by atomic mass is 10.1. The number of H-pyrrole nitrogens is 1. The Balaban J connectivity index is 2.00. The van der Waals surface area contributed by atoms with Crippen molar-refractivity contribution in [3.63, 3.8) is 0 Å². The van der Waals surface area contributed by atoms with Gasteiger partial charge in [0.2, 0.25) is 0 Å². The minimum absolute atomic E-state index is 0.0126. The summed E-state index contributed by atoms with van der Waals surface area (Å²) in [6, 6.07) is 3.92. The zero-order valence-electron chi connectivity index (χ0n) is 8.98. The van der Waals surface area contributed by atoms with Crippen molar-refractivity contribution in [3.8, 4) is 0 Å². The fourth-order valence-corrected chi connectivity index (χ4v) is 2.32. The Bertz CT molecular complexity index is 549. The van der Waals surface area contributed by atoms with Gasteiger partial charge in [-0.05, 0) is 18.6 Å². The number of rotatable bonds is 2. The maximum absolute atomic E-state index is 11.7. The molecule has 1 atom stereocenters. The van der Waals surface area contributed by atoms with Crippen LogP contribution in [0.2, 0.25) is 0 Å². The van der Waals surface area contributed by atoms with Crippen LogP contribution in [0.3, 0.4) is 0 Å². The lowest BCUT2D eigenvalue weighted by molar-refractivity contribution is 0.183. The first-order valence-electron chi connectivity index (χ1n) is 5.59. The van der Waals surface area contributed by atoms with Crippen LogP contribution in [0.5, 0.6) is 0 Å². The Morgan fingerprint density at radius 3 is 3.25 bits per heavy atom. The lowest BCUT2D eigenvalue weighted by Crippen LogP contribution is -2.15. The van der Waals surface area contributed by atoms with Gasteiger partial charge in [-0.3, -0.25) is 4.79 Å². The van der Waals surface area contributed by atoms with Crippen molar-refractivity contribution in [1.29, 1.82) is 0 Å². The summed E-state index contributed by atoms with van der Waals surface area (Å²) in [7, 11) is 0. The Hall–Kier alpha value is -1.55. The molecule has 84 valence electrons. The molecule has 0 saturated carbocycles. The highest BCUT2D eigenvalue weighted by Crippen LogP contribution is 2.18. The van der Waals surface area contributed by atoms with Gasteiger partial charge < -0.3 is 14.3 Å². The fraction of sp³-hybridized carbons (Fsp3) is 0.417. The summed E-state index contributed by atoms with van der Waals surface area (Å²) in [5.41, 5.74) is 0.760. The number of hydrogen-bond acceptors (Lipinski definition) is 2. The summed E-state index contributed by atoms with van der Waals surface area (Å²) in [4.78, 5) is 14.4. The highest BCUT2D eigenvalue weighted by molar-refractivity contribution is 5.78. The predicted molar refractivity (Wildman–Crippen MR) is 61.5 cm³/mol. The van der Waals surface area contributed by atoms with Crippen LogP contribution in [0.25, 0.3) is 10.9 Å². The third-order valence-corrected chi connectivity index (χ3v) is 3.17. The van der Waals surface area contributed by atoms with Crippen LogP contribution in [-0.2, 0) is 11.3 Å². The molecule has 0 spiro atoms. The van der Waals surface area contributed by atoms with Crippen molar-refractivity contribution < 1.29 is 4.74 Å². The minimum atomic E-state index is -0.0126. The molecular weight excluding hydrogens is 204 g/mol. The van der Waals surface area contributed by atoms with Crippen LogP contribution >= 0.6 is 0 Å². The van der Waals surface area contributed by atoms with E-state index >= 15 is 0 Å². The molecule has 1 fully saturated rings. The summed E-state index contributed by atoms with van der Waals surface area (Å²) in [5, 5.41) is 1.00. The summed E-state index contributed by atoms with van der Waals surface area (Å²) >= 11 is 0. The van der Waals surface area contributed by atoms with Gasteiger partial charge in [-0.25, -0.2) is 0 Å². The summed E-state index contributed by atoms with van der Waals surface area (Å²) in [5.74, 6) is 0.537. The van der Waals surface area contributed by atoms with Gasteiger partial charge in [0.25, 0.3) is 5.56 Å². The molecule has 0 radical (unpaired) electrons. The summed E-state index contributed by atoms with van der Waals surface area (Å²) < 4.78 is 7.38. The zero-order chi connectivity index (χ0) is 11.0. The van der Waals surface area contributed by atoms with E-state index in [-0.39, 0.29) is 5.56 Å². The highest BCUT2D eigenvalue weighted by atomic mass is 16.5. The highest BCUT2D eigenvalue weighted by Gasteiger charge is 2.17. The van der Waals surface area contributed by atoms with Crippen LogP contribution in [0.1, 0.15) is 6.42 Å². The topological polar surface area (TPSA) is 47.0 Å². The number of nitrogens with zero attached hydrogens (tertiary/aromatic N) is 1. The van der Waals surface area contributed by atoms with Crippen LogP contribution in [0.15, 0.2) is 29.3 Å². The quantitative estimate of drug-likeness (QED) is 0.827. The predicted octanol–water partition coefficient (Wildman–Crippen LogP) is 1.37. The normalized spacial score (nSPS) is 20.6. The molecule has 0 aliphatic carbocycles. The third-order valence-electron chi connectivity index (χ3n) is 3.17. The van der Waals surface area contributed by atoms with Gasteiger partial charge >= 0.3 is 0 Å². The Morgan fingerprint density at radius 1 is 1.50 bits per heavy atom. The molecule has 4 nitrogen and oxygen atoms in total. The summed E-state index contributed by atoms with van der Waals surface area (Å²) in [6.45, 7) is 2.53. The average Bonchev–Trinajstić information content (AvgIpc) is 2.90. The SMILES string of the molecule is O=c1[nH]ccc2ccn(CC3CCOC3)c12. The second-order valence-corrected chi connectivity index (χ2v) is 4.31. The van der Waals surface area contributed by atoms with Gasteiger partial charge in [-0.1, -0.05) is 0 Å². The minimum Gasteiger partial charge on any atom is -0.381 e. The number of ether oxygens (including phenoxy) is 1. The molecule has 1 aliphatic heterocycles. The molecule has 4 heteroatoms. The zero-order valence-corrected chi connectivity index (χ0v) is 8.98. The number of aromatic nitrogens is 2. The number of pyridine rings is 1. The number of aromatic amines is 1. The number of hydrogen-bond donors (Lipinski definition) is 1. The Morgan fingerprint density at radius 2 is 2.44 bits per heavy atom. The van der Waals surface area contributed by atoms with Crippen molar-refractivity contribution in [2.75, 3.05) is 13.2 Å². The van der Waals surface area contributed by atoms with Gasteiger partial charge in [0.05, 0.1) is 6.61 Å². The van der Waals surface area contributed by atoms with Crippen molar-refractivity contribution in [3.05, 3.63) is 34.9 Å². The molecule has 1 unspecified atom stereocenters. The van der Waals surface area contributed by atoms with Crippen molar-refractivity contribution in [2.45, 2.75) is 13.0 Å². The van der Waals surface area contributed by atoms with Crippen LogP contribution in [-0.4, -0.2) is 22.8 Å². The van der Waals surface area contributed by atoms with Gasteiger partial charge in [-0.2, -0.15) is 0 Å². The molecule has 1 saturated heterocycles. The first kappa shape index (κ1) is 9.66. The third kappa shape index (κ3) is 1.55. The van der Waals surface area contributed by atoms with E-state index in [4.69, 9.17) is 4.74 Å². The molecule has 0 bridgehead atoms. The van der Waals surface area contributed by atoms with Gasteiger partial charge in [0, 0.05) is 36.8 Å². The van der Waals surface area contributed by atoms with Crippen LogP contribution in [0, 0.1) is 5.92 Å². The maximum atomic E-state index is 11.7. The second kappa shape index (κ2) is 3.79. The molecule has 16 heavy (non-hydrogen) atoms. The molecule has 0 aromatic carbocycles. The van der Waals surface area contributed by atoms with E-state index in [2.05, 4.69) is 4.98 Å². The largest absolute Gasteiger partial charge is 0.381 e. The number of nitrogens with one attached hydrogen (secondary N) is 1. The maximum Gasteiger partial charge on any atom is 0.272 e. The van der Waals surface area contributed by atoms with Crippen LogP contribution in [0.4, 0.5) is 0 Å². The van der Waals surface area contributed by atoms with Gasteiger partial charge in [0.15, 0.2) is 0 Å². The molecule has 1 aliphatic rings. The van der Waals surface area contributed by atoms with Crippen LogP contribution < -0.4 is 5.56 Å². The number of fused-ring (bicyclic) bond motifs is 1. The Kier molecular flexibility index (Phi) is 2.29. The molecular formula is C12H14N2O2. The van der Waals surface area contributed by atoms with Crippen molar-refractivity contribution >= 4 is 10.9 Å². The van der Waals surface area contributed by atoms with E-state index in [9.17, 15) is 4.79 Å². The molecule has 1 N–H and O–H groups in total. The first-order valence-corrected chi connectivity index (χ1v) is 5.59. The van der Waals surface area contributed by atoms with Crippen molar-refractivity contribution in [2.24, 2.45) is 5.92 Å². The molecule has 2 aromatic heterocycles. The molecule has 2 aromatic rings. The van der Waals surface area contributed by atoms with E-state index < -0.39 is 0 Å². The lowest BCUT2D eigenvalue weighted by Gasteiger charge is -2.09. The molecule has 3 rings (SSSR count). The van der Waals surface area contributed by atoms with E-state index in [1.807, 2.05) is 22.9 Å². The van der Waals surface area contributed by atoms with Gasteiger partial charge in [-0.15, -0.1) is 0 Å². The average molecular weight is 218 g/mol. The monoisotopic (exact) mass is 218 g/mol. The molecule has 3 heterocycles. The Labute approximate surface area is 92.8 Å². The standard InChI is InChI=1S/C12H14N2O2/c15-12-11-10(1-4-13-12)2-5-14(11)7-9-3-6-16-8-9/h1-2,4-5,9H,3,6-8H2,(H,13,15). The van der Waals surface area contributed by atoms with E-state index in [0.29, 0.717) is 5.92 Å². The first-order chi connectivity index (χ1) is 7.84. The molecule has 0 amide bonds.